The predicted octanol–water partition coefficient (Wildman–Crippen LogP) is 7.66. The van der Waals surface area contributed by atoms with Crippen molar-refractivity contribution >= 4 is 30.0 Å². The van der Waals surface area contributed by atoms with E-state index in [9.17, 15) is 0 Å². The molecule has 0 N–H and O–H groups in total. The number of aliphatic imine (C=N–C) groups is 1. The Morgan fingerprint density at radius 3 is 2.32 bits per heavy atom. The van der Waals surface area contributed by atoms with Crippen molar-refractivity contribution in [3.05, 3.63) is 92.7 Å². The van der Waals surface area contributed by atoms with Crippen LogP contribution in [0.3, 0.4) is 0 Å². The fourth-order valence-corrected chi connectivity index (χ4v) is 4.23. The molecule has 0 amide bonds. The summed E-state index contributed by atoms with van der Waals surface area (Å²) in [5, 5.41) is 2.36. The first-order chi connectivity index (χ1) is 18.0. The maximum absolute atomic E-state index is 6.76. The minimum Gasteiger partial charge on any atom is -0.355 e. The molecular formula is C33H47ClN4. The molecule has 0 bridgehead atoms. The number of hydrogen-bond donors (Lipinski definition) is 0. The summed E-state index contributed by atoms with van der Waals surface area (Å²) in [6.45, 7) is 28.5. The molecule has 1 unspecified atom stereocenters. The van der Waals surface area contributed by atoms with Crippen LogP contribution in [-0.4, -0.2) is 33.7 Å². The Morgan fingerprint density at radius 1 is 1.13 bits per heavy atom. The van der Waals surface area contributed by atoms with E-state index >= 15 is 0 Å². The Hall–Kier alpha value is -2.98. The summed E-state index contributed by atoms with van der Waals surface area (Å²) in [7, 11) is 0. The van der Waals surface area contributed by atoms with Crippen LogP contribution in [0.1, 0.15) is 75.2 Å². The minimum atomic E-state index is 0.551. The lowest BCUT2D eigenvalue weighted by atomic mass is 9.99. The van der Waals surface area contributed by atoms with Crippen LogP contribution < -0.4 is 10.7 Å². The summed E-state index contributed by atoms with van der Waals surface area (Å²) in [5.41, 5.74) is 6.74. The topological polar surface area (TPSA) is 41.4 Å². The third-order valence-corrected chi connectivity index (χ3v) is 6.93. The van der Waals surface area contributed by atoms with E-state index in [4.69, 9.17) is 16.6 Å². The third kappa shape index (κ3) is 10.4. The molecule has 5 heteroatoms. The van der Waals surface area contributed by atoms with E-state index in [1.807, 2.05) is 53.7 Å². The number of allylic oxidation sites excluding steroid dienone is 9. The van der Waals surface area contributed by atoms with E-state index in [2.05, 4.69) is 67.0 Å². The van der Waals surface area contributed by atoms with E-state index in [0.29, 0.717) is 5.92 Å². The van der Waals surface area contributed by atoms with Gasteiger partial charge >= 0.3 is 0 Å². The van der Waals surface area contributed by atoms with Gasteiger partial charge in [-0.05, 0) is 85.8 Å². The molecule has 1 aliphatic rings. The Balaban J connectivity index is 0.000000499. The Kier molecular flexibility index (Phi) is 14.6. The zero-order valence-corrected chi connectivity index (χ0v) is 25.8. The summed E-state index contributed by atoms with van der Waals surface area (Å²) in [5.74, 6) is 1.52. The van der Waals surface area contributed by atoms with Crippen molar-refractivity contribution < 1.29 is 0 Å². The molecule has 0 spiro atoms. The van der Waals surface area contributed by atoms with Crippen molar-refractivity contribution in [3.63, 3.8) is 0 Å². The van der Waals surface area contributed by atoms with Gasteiger partial charge in [-0.15, -0.1) is 0 Å². The lowest BCUT2D eigenvalue weighted by Gasteiger charge is -2.24. The number of hydrogen-bond acceptors (Lipinski definition) is 4. The van der Waals surface area contributed by atoms with Crippen molar-refractivity contribution in [2.24, 2.45) is 10.9 Å². The maximum atomic E-state index is 6.76. The molecule has 1 atom stereocenters. The predicted molar refractivity (Wildman–Crippen MR) is 168 cm³/mol. The molecule has 1 aliphatic heterocycles. The number of nitrogens with zero attached hydrogens (tertiary/aromatic N) is 4. The van der Waals surface area contributed by atoms with E-state index in [1.165, 1.54) is 16.7 Å². The van der Waals surface area contributed by atoms with Gasteiger partial charge < -0.3 is 4.90 Å². The van der Waals surface area contributed by atoms with Crippen LogP contribution in [0.15, 0.2) is 87.0 Å². The van der Waals surface area contributed by atoms with Crippen LogP contribution in [0.25, 0.3) is 12.7 Å². The summed E-state index contributed by atoms with van der Waals surface area (Å²) in [4.78, 5) is 15.4. The van der Waals surface area contributed by atoms with Gasteiger partial charge in [-0.25, -0.2) is 4.99 Å². The summed E-state index contributed by atoms with van der Waals surface area (Å²) < 4.78 is 0. The van der Waals surface area contributed by atoms with Gasteiger partial charge in [0.2, 0.25) is 0 Å². The lowest BCUT2D eigenvalue weighted by Crippen LogP contribution is -2.29. The molecule has 0 aromatic carbocycles. The van der Waals surface area contributed by atoms with Crippen molar-refractivity contribution in [2.45, 2.75) is 75.2 Å². The standard InChI is InChI=1S/C23H35ClN2.C10H12N2/c1-9-11-12-19(8)20-13-14-26(15-20)23(25-17(5)6)21(16(3)4)22(24)18(7)10-2;1-4-8(2)7-10-9(3)11-5-6-12-10/h9,11-12,20H,3,10,13-15H2,1-2,4-8H3;4-7H,3H2,1-2H3/b11-9-,19-12+,22-18-,23-21-;8-4-,10-7+. The normalized spacial score (nSPS) is 18.1. The lowest BCUT2D eigenvalue weighted by molar-refractivity contribution is 0.407. The average Bonchev–Trinajstić information content (AvgIpc) is 3.38. The quantitative estimate of drug-likeness (QED) is 0.254. The molecule has 4 nitrogen and oxygen atoms in total. The zero-order valence-electron chi connectivity index (χ0n) is 25.0. The van der Waals surface area contributed by atoms with Gasteiger partial charge in [-0.1, -0.05) is 72.7 Å². The smallest absolute Gasteiger partial charge is 0.137 e. The molecule has 0 aliphatic carbocycles. The first-order valence-electron chi connectivity index (χ1n) is 13.4. The van der Waals surface area contributed by atoms with Crippen molar-refractivity contribution in [1.82, 2.24) is 14.9 Å². The molecule has 38 heavy (non-hydrogen) atoms. The molecule has 2 heterocycles. The van der Waals surface area contributed by atoms with Crippen LogP contribution in [0.2, 0.25) is 0 Å². The van der Waals surface area contributed by atoms with Crippen molar-refractivity contribution in [3.8, 4) is 0 Å². The molecule has 1 aromatic rings. The number of halogens is 1. The van der Waals surface area contributed by atoms with Crippen LogP contribution in [0.5, 0.6) is 0 Å². The van der Waals surface area contributed by atoms with Crippen molar-refractivity contribution in [2.75, 3.05) is 13.1 Å². The third-order valence-electron chi connectivity index (χ3n) is 6.41. The van der Waals surface area contributed by atoms with Gasteiger partial charge in [0.1, 0.15) is 5.82 Å². The molecule has 0 saturated carbocycles. The van der Waals surface area contributed by atoms with Gasteiger partial charge in [0, 0.05) is 36.8 Å². The first kappa shape index (κ1) is 33.0. The Morgan fingerprint density at radius 2 is 1.79 bits per heavy atom. The average molecular weight is 535 g/mol. The highest BCUT2D eigenvalue weighted by molar-refractivity contribution is 6.32. The van der Waals surface area contributed by atoms with Crippen LogP contribution in [0.4, 0.5) is 0 Å². The Bertz CT molecular complexity index is 1250. The minimum absolute atomic E-state index is 0.551. The van der Waals surface area contributed by atoms with Crippen LogP contribution in [-0.2, 0) is 0 Å². The molecule has 1 fully saturated rings. The second-order valence-electron chi connectivity index (χ2n) is 9.92. The SMILES string of the molecule is C=C(C)C(/C(Cl)=C(\C)CC)=C(\N=C(C)C)N1CCC(/C(C)=C/C=C\C)C1.C=c1nccn/c1=C/C(C)=C\C. The van der Waals surface area contributed by atoms with E-state index in [0.717, 1.165) is 64.3 Å². The number of rotatable bonds is 8. The van der Waals surface area contributed by atoms with Gasteiger partial charge in [0.05, 0.1) is 15.7 Å². The van der Waals surface area contributed by atoms with Crippen LogP contribution in [0, 0.1) is 5.92 Å². The first-order valence-corrected chi connectivity index (χ1v) is 13.8. The molecule has 2 rings (SSSR count). The fourth-order valence-electron chi connectivity index (χ4n) is 3.85. The number of likely N-dealkylation sites (tertiary alicyclic amines) is 1. The second kappa shape index (κ2) is 16.8. The highest BCUT2D eigenvalue weighted by Crippen LogP contribution is 2.35. The van der Waals surface area contributed by atoms with Crippen molar-refractivity contribution in [1.29, 1.82) is 0 Å². The van der Waals surface area contributed by atoms with Gasteiger partial charge in [0.25, 0.3) is 0 Å². The zero-order chi connectivity index (χ0) is 28.8. The summed E-state index contributed by atoms with van der Waals surface area (Å²) in [6.07, 6.45) is 15.8. The van der Waals surface area contributed by atoms with E-state index in [-0.39, 0.29) is 0 Å². The molecule has 206 valence electrons. The highest BCUT2D eigenvalue weighted by atomic mass is 35.5. The van der Waals surface area contributed by atoms with Crippen LogP contribution >= 0.6 is 11.6 Å². The highest BCUT2D eigenvalue weighted by Gasteiger charge is 2.28. The summed E-state index contributed by atoms with van der Waals surface area (Å²) >= 11 is 6.76. The van der Waals surface area contributed by atoms with Gasteiger partial charge in [0.15, 0.2) is 0 Å². The molecule has 0 radical (unpaired) electrons. The van der Waals surface area contributed by atoms with Gasteiger partial charge in [-0.3, -0.25) is 9.97 Å². The van der Waals surface area contributed by atoms with Gasteiger partial charge in [-0.2, -0.15) is 0 Å². The molecular weight excluding hydrogens is 488 g/mol. The fraction of sp³-hybridized carbons (Fsp3) is 0.424. The number of aromatic nitrogens is 2. The Labute approximate surface area is 236 Å². The van der Waals surface area contributed by atoms with E-state index in [1.54, 1.807) is 12.4 Å². The largest absolute Gasteiger partial charge is 0.355 e. The van der Waals surface area contributed by atoms with E-state index < -0.39 is 0 Å². The summed E-state index contributed by atoms with van der Waals surface area (Å²) in [6, 6.07) is 0. The monoisotopic (exact) mass is 534 g/mol. The molecule has 1 saturated heterocycles. The second-order valence-corrected chi connectivity index (χ2v) is 10.3. The maximum Gasteiger partial charge on any atom is 0.137 e. The molecule has 1 aromatic heterocycles.